The largest absolute Gasteiger partial charge is 0.465 e. The zero-order valence-corrected chi connectivity index (χ0v) is 51.6. The predicted octanol–water partition coefficient (Wildman–Crippen LogP) is 22.5. The zero-order valence-electron chi connectivity index (χ0n) is 51.6. The van der Waals surface area contributed by atoms with Crippen LogP contribution >= 0.6 is 0 Å². The number of rotatable bonds is 28. The summed E-state index contributed by atoms with van der Waals surface area (Å²) in [5, 5.41) is 55.9. The molecule has 0 aliphatic heterocycles. The lowest BCUT2D eigenvalue weighted by atomic mass is 10.0. The van der Waals surface area contributed by atoms with Gasteiger partial charge in [-0.05, 0) is 212 Å². The van der Waals surface area contributed by atoms with Crippen LogP contribution in [0.2, 0.25) is 0 Å². The van der Waals surface area contributed by atoms with E-state index in [0.717, 1.165) is 38.5 Å². The number of unbranched alkanes of at least 4 members (excludes halogenated alkanes) is 14. The molecule has 0 saturated carbocycles. The summed E-state index contributed by atoms with van der Waals surface area (Å²) in [6.45, 7) is 15.3. The Labute approximate surface area is 657 Å². The van der Waals surface area contributed by atoms with Crippen LogP contribution in [0.25, 0.3) is 0 Å². The third-order valence-electron chi connectivity index (χ3n) is 7.68. The Kier molecular flexibility index (Phi) is 318. The molecule has 13 nitrogen and oxygen atoms in total. The van der Waals surface area contributed by atoms with Gasteiger partial charge in [-0.2, -0.15) is 0 Å². The van der Waals surface area contributed by atoms with Crippen LogP contribution in [0.3, 0.4) is 0 Å². The Morgan fingerprint density at radius 2 is 0.475 bits per heavy atom. The van der Waals surface area contributed by atoms with Gasteiger partial charge in [0.25, 0.3) is 12.9 Å². The van der Waals surface area contributed by atoms with Gasteiger partial charge in [0.15, 0.2) is 0 Å². The molecular formula is C86H202O13. The second-order valence-electron chi connectivity index (χ2n) is 15.0. The number of carbonyl (C=O) groups is 3. The molecule has 13 heteroatoms. The molecule has 0 heterocycles. The lowest BCUT2D eigenvalue weighted by Crippen LogP contribution is -2.07. The number of terminal acetylenes is 2. The maximum atomic E-state index is 11.2. The van der Waals surface area contributed by atoms with Crippen molar-refractivity contribution >= 4 is 18.9 Å². The van der Waals surface area contributed by atoms with E-state index < -0.39 is 0 Å². The topological polar surface area (TPSA) is 221 Å². The van der Waals surface area contributed by atoms with Crippen LogP contribution < -0.4 is 0 Å². The third-order valence-corrected chi connectivity index (χ3v) is 7.68. The Morgan fingerprint density at radius 3 is 0.626 bits per heavy atom. The van der Waals surface area contributed by atoms with E-state index in [-0.39, 0.29) is 188 Å². The quantitative estimate of drug-likeness (QED) is 0.0128. The molecular weight excluding hydrogens is 1240 g/mol. The van der Waals surface area contributed by atoms with Gasteiger partial charge in [0, 0.05) is 71.4 Å². The normalized spacial score (nSPS) is 5.94. The molecule has 0 atom stereocenters. The van der Waals surface area contributed by atoms with E-state index in [1.807, 2.05) is 27.7 Å². The first-order valence-corrected chi connectivity index (χ1v) is 27.9. The van der Waals surface area contributed by atoms with Crippen molar-refractivity contribution in [1.29, 1.82) is 0 Å². The van der Waals surface area contributed by atoms with Gasteiger partial charge in [0.05, 0.1) is 19.8 Å². The number of esters is 1. The fourth-order valence-electron chi connectivity index (χ4n) is 3.96. The van der Waals surface area contributed by atoms with Crippen molar-refractivity contribution in [3.63, 3.8) is 0 Å². The molecule has 7 N–H and O–H groups in total. The van der Waals surface area contributed by atoms with E-state index >= 15 is 0 Å². The average molecular weight is 1440 g/mol. The summed E-state index contributed by atoms with van der Waals surface area (Å²) >= 11 is 0. The van der Waals surface area contributed by atoms with Crippen molar-refractivity contribution in [1.82, 2.24) is 0 Å². The number of aliphatic hydroxyl groups is 7. The highest BCUT2D eigenvalue weighted by Crippen LogP contribution is 2.13. The summed E-state index contributed by atoms with van der Waals surface area (Å²) in [6, 6.07) is 0. The van der Waals surface area contributed by atoms with Crippen molar-refractivity contribution < 1.29 is 103 Å². The van der Waals surface area contributed by atoms with Crippen molar-refractivity contribution in [2.75, 3.05) is 66.1 Å². The molecule has 0 aromatic rings. The maximum Gasteiger partial charge on any atom is 0.305 e. The summed E-state index contributed by atoms with van der Waals surface area (Å²) < 4.78 is 12.9. The van der Waals surface area contributed by atoms with Gasteiger partial charge in [0.1, 0.15) is 19.8 Å². The van der Waals surface area contributed by atoms with E-state index in [9.17, 15) is 14.4 Å². The molecule has 99 heavy (non-hydrogen) atoms. The minimum atomic E-state index is -0.172. The maximum absolute atomic E-state index is 11.2. The Morgan fingerprint density at radius 1 is 0.293 bits per heavy atom. The highest BCUT2D eigenvalue weighted by molar-refractivity contribution is 5.69. The number of hydrogen-bond acceptors (Lipinski definition) is 13. The van der Waals surface area contributed by atoms with Gasteiger partial charge < -0.3 is 50.0 Å². The molecule has 0 aromatic carbocycles. The molecule has 0 fully saturated rings. The fourth-order valence-corrected chi connectivity index (χ4v) is 3.96. The van der Waals surface area contributed by atoms with Crippen LogP contribution in [-0.2, 0) is 28.6 Å². The van der Waals surface area contributed by atoms with Crippen molar-refractivity contribution in [3.8, 4) is 190 Å². The summed E-state index contributed by atoms with van der Waals surface area (Å²) in [7, 11) is 0. The number of ether oxygens (including phenoxy) is 3. The molecule has 0 radical (unpaired) electrons. The van der Waals surface area contributed by atoms with Crippen LogP contribution in [-0.4, -0.2) is 121 Å². The molecule has 0 aliphatic carbocycles. The lowest BCUT2D eigenvalue weighted by molar-refractivity contribution is -0.144. The molecule has 624 valence electrons. The number of hydrogen-bond donors (Lipinski definition) is 7. The average Bonchev–Trinajstić information content (AvgIpc) is 1.06. The van der Waals surface area contributed by atoms with Gasteiger partial charge in [0.2, 0.25) is 0 Å². The molecule has 0 saturated heterocycles. The van der Waals surface area contributed by atoms with Crippen LogP contribution in [0, 0.1) is 190 Å². The van der Waals surface area contributed by atoms with Crippen molar-refractivity contribution in [2.24, 2.45) is 0 Å². The summed E-state index contributed by atoms with van der Waals surface area (Å²) in [6.07, 6.45) is 33.7. The minimum Gasteiger partial charge on any atom is -0.465 e. The molecule has 0 amide bonds. The first-order valence-electron chi connectivity index (χ1n) is 27.9. The molecule has 0 bridgehead atoms. The van der Waals surface area contributed by atoms with Gasteiger partial charge in [-0.15, -0.1) is 12.8 Å². The number of carbonyl (C=O) groups excluding carboxylic acids is 3. The third kappa shape index (κ3) is 269. The molecule has 0 rings (SSSR count). The Balaban J connectivity index is -0.0000000109. The van der Waals surface area contributed by atoms with Gasteiger partial charge >= 0.3 is 5.97 Å². The highest BCUT2D eigenvalue weighted by Gasteiger charge is 2.01. The second kappa shape index (κ2) is 198. The SMILES string of the molecule is C.C.C.C.C.C.C.C.C.C.C.C.C.C.C#CC#CC#CC#CC#CC#CC#CC#CC.C#CC#CC#CC#CC#CC#CC#CC#CC.CCCCCCCCCCCCCCCCCC(=O)OCCO.CCCO.CCCO.CCCO.CCCO.O=COCCO.O=COCCO.[HH].[HH].[HH].[HH].[HH].[HH].[HH].[HH].[HH].[HH].[HH].[HH].[HH].[HH].[HH].[HH].[HH].[HH].[HH].[HH].[HH].[HH].[HH].[HH].[HH].[HH].[HH]. The van der Waals surface area contributed by atoms with Crippen LogP contribution in [0.1, 0.15) is 319 Å². The Hall–Kier alpha value is -8.91. The molecule has 0 unspecified atom stereocenters. The van der Waals surface area contributed by atoms with Crippen molar-refractivity contribution in [3.05, 3.63) is 0 Å². The fraction of sp³-hybridized carbons (Fsp3) is 0.593. The number of aliphatic hydroxyl groups excluding tert-OH is 7. The first kappa shape index (κ1) is 159. The van der Waals surface area contributed by atoms with E-state index in [0.29, 0.717) is 45.8 Å². The minimum absolute atomic E-state index is 0. The van der Waals surface area contributed by atoms with Crippen LogP contribution in [0.15, 0.2) is 0 Å². The van der Waals surface area contributed by atoms with Gasteiger partial charge in [-0.1, -0.05) is 240 Å². The van der Waals surface area contributed by atoms with Crippen LogP contribution in [0.5, 0.6) is 0 Å². The first-order chi connectivity index (χ1) is 41.6. The van der Waals surface area contributed by atoms with Crippen molar-refractivity contribution in [2.45, 2.75) is 281 Å². The van der Waals surface area contributed by atoms with E-state index in [1.165, 1.54) is 83.5 Å². The predicted molar refractivity (Wildman–Crippen MR) is 494 cm³/mol. The summed E-state index contributed by atoms with van der Waals surface area (Å²) in [5.41, 5.74) is 0. The van der Waals surface area contributed by atoms with Gasteiger partial charge in [-0.3, -0.25) is 14.4 Å². The monoisotopic (exact) mass is 1440 g/mol. The Bertz CT molecular complexity index is 2500. The summed E-state index contributed by atoms with van der Waals surface area (Å²) in [4.78, 5) is 29.7. The zero-order chi connectivity index (χ0) is 65.5. The van der Waals surface area contributed by atoms with E-state index in [4.69, 9.17) is 53.3 Å². The lowest BCUT2D eigenvalue weighted by Gasteiger charge is -2.04. The standard InChI is InChI=1S/C20H40O3.2C17H4.2C3H6O3.4C3H8O.14CH4.27H2/c1-2-3-4-5-6-7-8-9-10-11-12-13-14-15-16-17-20(22)23-19-18-21;2*1-3-5-7-9-11-13-15-17-16-14-12-10-8-6-4-2;2*4-1-2-6-3-5;4*1-2-3-4;;;;;;;;;;;;;;;;;;;;;;;;;;;;;;;;;;;;;;;;;/h21H,2-19H2,1H3;2*1H,2H3;2*3-4H,1-2H2;4*4H,2-3H2,1H3;14*1H4;27*1H. The molecule has 0 aromatic heterocycles. The van der Waals surface area contributed by atoms with Crippen LogP contribution in [0.4, 0.5) is 0 Å². The molecule has 0 spiro atoms. The highest BCUT2D eigenvalue weighted by atomic mass is 16.5. The molecule has 0 aliphatic rings. The summed E-state index contributed by atoms with van der Waals surface area (Å²) in [5.74, 6) is 73.7. The van der Waals surface area contributed by atoms with E-state index in [1.54, 1.807) is 13.8 Å². The van der Waals surface area contributed by atoms with Gasteiger partial charge in [-0.25, -0.2) is 0 Å². The smallest absolute Gasteiger partial charge is 0.305 e. The van der Waals surface area contributed by atoms with E-state index in [2.05, 4.69) is 194 Å². The second-order valence-corrected chi connectivity index (χ2v) is 15.0.